The molecule has 0 saturated heterocycles. The molecule has 0 bridgehead atoms. The van der Waals surface area contributed by atoms with E-state index in [-0.39, 0.29) is 70.1 Å². The van der Waals surface area contributed by atoms with Crippen LogP contribution in [0.15, 0.2) is 182 Å². The molecule has 5 heterocycles. The maximum Gasteiger partial charge on any atom is 0.240 e. The third-order valence-corrected chi connectivity index (χ3v) is 12.3. The van der Waals surface area contributed by atoms with Crippen LogP contribution in [0.2, 0.25) is 0 Å². The highest BCUT2D eigenvalue weighted by Gasteiger charge is 2.22. The first-order valence-corrected chi connectivity index (χ1v) is 19.6. The molecule has 0 radical (unpaired) electrons. The number of aromatic nitrogens is 6. The molecule has 13 aromatic rings. The average Bonchev–Trinajstić information content (AvgIpc) is 4.09. The van der Waals surface area contributed by atoms with E-state index in [1.807, 2.05) is 94.1 Å². The van der Waals surface area contributed by atoms with E-state index in [9.17, 15) is 6.85 Å². The minimum atomic E-state index is -0.427. The summed E-state index contributed by atoms with van der Waals surface area (Å²) in [5.74, 6) is -0.0390. The Balaban J connectivity index is 1.19. The molecule has 8 aromatic carbocycles. The molecule has 0 spiro atoms. The second-order valence-electron chi connectivity index (χ2n) is 14.2. The van der Waals surface area contributed by atoms with E-state index in [0.29, 0.717) is 10.9 Å². The van der Waals surface area contributed by atoms with Crippen molar-refractivity contribution in [2.45, 2.75) is 0 Å². The molecule has 0 fully saturated rings. The summed E-state index contributed by atoms with van der Waals surface area (Å²) in [6.07, 6.45) is 0. The van der Waals surface area contributed by atoms with Crippen LogP contribution in [0.4, 0.5) is 0 Å². The normalized spacial score (nSPS) is 14.1. The number of fused-ring (bicyclic) bond motifs is 13. The maximum absolute atomic E-state index is 10.2. The smallest absolute Gasteiger partial charge is 0.240 e. The molecule has 7 heteroatoms. The van der Waals surface area contributed by atoms with Crippen LogP contribution in [0.25, 0.3) is 115 Å². The number of thiophene rings is 1. The van der Waals surface area contributed by atoms with Crippen LogP contribution in [0.5, 0.6) is 0 Å². The molecule has 0 saturated carbocycles. The largest absolute Gasteiger partial charge is 0.309 e. The zero-order valence-corrected chi connectivity index (χ0v) is 31.1. The van der Waals surface area contributed by atoms with E-state index in [4.69, 9.17) is 19.1 Å². The van der Waals surface area contributed by atoms with Crippen molar-refractivity contribution in [2.75, 3.05) is 0 Å². The van der Waals surface area contributed by atoms with Gasteiger partial charge >= 0.3 is 0 Å². The number of hydrogen-bond donors (Lipinski definition) is 0. The Morgan fingerprint density at radius 2 is 0.966 bits per heavy atom. The fourth-order valence-corrected chi connectivity index (χ4v) is 9.84. The predicted molar refractivity (Wildman–Crippen MR) is 241 cm³/mol. The Morgan fingerprint density at radius 3 is 1.66 bits per heavy atom. The minimum Gasteiger partial charge on any atom is -0.309 e. The van der Waals surface area contributed by atoms with Gasteiger partial charge in [-0.2, -0.15) is 15.0 Å². The summed E-state index contributed by atoms with van der Waals surface area (Å²) in [7, 11) is 0. The zero-order chi connectivity index (χ0) is 44.9. The summed E-state index contributed by atoms with van der Waals surface area (Å²) in [6, 6.07) is 40.3. The minimum absolute atomic E-state index is 0.0294. The van der Waals surface area contributed by atoms with Crippen molar-refractivity contribution >= 4 is 96.9 Å². The van der Waals surface area contributed by atoms with Gasteiger partial charge in [0.2, 0.25) is 11.9 Å². The van der Waals surface area contributed by atoms with Crippen molar-refractivity contribution in [3.63, 3.8) is 0 Å². The Hall–Kier alpha value is -7.61. The summed E-state index contributed by atoms with van der Waals surface area (Å²) < 4.78 is 81.8. The lowest BCUT2D eigenvalue weighted by atomic mass is 10.1. The van der Waals surface area contributed by atoms with Crippen LogP contribution in [-0.4, -0.2) is 28.7 Å². The van der Waals surface area contributed by atoms with E-state index in [1.54, 1.807) is 40.2 Å². The van der Waals surface area contributed by atoms with Gasteiger partial charge in [-0.15, -0.1) is 11.3 Å². The van der Waals surface area contributed by atoms with Crippen LogP contribution in [0.3, 0.4) is 0 Å². The zero-order valence-electron chi connectivity index (χ0n) is 38.3. The molecular formula is C51H30N6S. The molecule has 6 nitrogen and oxygen atoms in total. The molecule has 13 rings (SSSR count). The number of para-hydroxylation sites is 5. The van der Waals surface area contributed by atoms with Crippen molar-refractivity contribution in [1.82, 2.24) is 28.7 Å². The topological polar surface area (TPSA) is 53.5 Å². The van der Waals surface area contributed by atoms with Gasteiger partial charge in [0, 0.05) is 63.7 Å². The monoisotopic (exact) mass is 766 g/mol. The van der Waals surface area contributed by atoms with Gasteiger partial charge in [-0.1, -0.05) is 127 Å². The van der Waals surface area contributed by atoms with Gasteiger partial charge in [0.25, 0.3) is 0 Å². The van der Waals surface area contributed by atoms with E-state index < -0.39 is 18.1 Å². The van der Waals surface area contributed by atoms with E-state index in [1.165, 1.54) is 0 Å². The number of benzene rings is 8. The Morgan fingerprint density at radius 1 is 0.414 bits per heavy atom. The van der Waals surface area contributed by atoms with Gasteiger partial charge in [0.15, 0.2) is 5.82 Å². The highest BCUT2D eigenvalue weighted by atomic mass is 32.1. The lowest BCUT2D eigenvalue weighted by Gasteiger charge is -2.14. The SMILES string of the molecule is [2H]c1c([2H])c(-c2nc(-n3c4ccccc4c4ccccc43)nc(-n3c4ccccc4c4c([2H])c([2H])c([2H])c([2H])c43)n2)c([2H])c(-n2c3ccccc3c3ccc4sc5ccccc5c4c32)c1[2H]. The number of nitrogens with zero attached hydrogens (tertiary/aromatic N) is 6. The molecule has 0 N–H and O–H groups in total. The maximum atomic E-state index is 10.2. The fourth-order valence-electron chi connectivity index (χ4n) is 8.74. The van der Waals surface area contributed by atoms with Gasteiger partial charge < -0.3 is 4.57 Å². The molecule has 270 valence electrons. The number of hydrogen-bond acceptors (Lipinski definition) is 4. The van der Waals surface area contributed by atoms with Crippen LogP contribution in [-0.2, 0) is 0 Å². The van der Waals surface area contributed by atoms with Gasteiger partial charge in [0.1, 0.15) is 0 Å². The standard InChI is InChI=1S/C51H30N6S/c1-8-23-41-33(16-1)34-17-2-9-24-42(34)56(41)50-52-49(53-51(54-50)57-43-25-10-3-18-35(43)36-19-4-11-26-44(36)57)31-14-13-15-32(30-31)55-40-22-7-5-20-37(40)38-28-29-46-47(48(38)55)39-21-6-12-27-45(39)58-46/h1-30H/i1D,8D,13D,14D,15D,16D,23D,30D. The number of rotatable bonds is 4. The fraction of sp³-hybridized carbons (Fsp3) is 0. The summed E-state index contributed by atoms with van der Waals surface area (Å²) in [5, 5.41) is 6.49. The van der Waals surface area contributed by atoms with Crippen molar-refractivity contribution < 1.29 is 11.0 Å². The Bertz CT molecular complexity index is 4250. The second-order valence-corrected chi connectivity index (χ2v) is 15.3. The van der Waals surface area contributed by atoms with Crippen molar-refractivity contribution in [2.24, 2.45) is 0 Å². The Labute approximate surface area is 346 Å². The third-order valence-electron chi connectivity index (χ3n) is 11.1. The summed E-state index contributed by atoms with van der Waals surface area (Å²) in [6.45, 7) is 0. The van der Waals surface area contributed by atoms with Crippen LogP contribution < -0.4 is 0 Å². The molecule has 0 aliphatic rings. The van der Waals surface area contributed by atoms with Crippen molar-refractivity contribution in [3.8, 4) is 29.0 Å². The van der Waals surface area contributed by atoms with Crippen LogP contribution in [0.1, 0.15) is 11.0 Å². The van der Waals surface area contributed by atoms with Gasteiger partial charge in [0.05, 0.1) is 44.1 Å². The van der Waals surface area contributed by atoms with Crippen molar-refractivity contribution in [1.29, 1.82) is 0 Å². The predicted octanol–water partition coefficient (Wildman–Crippen LogP) is 13.2. The highest BCUT2D eigenvalue weighted by molar-refractivity contribution is 7.26. The molecule has 5 aromatic heterocycles. The molecule has 0 unspecified atom stereocenters. The van der Waals surface area contributed by atoms with Gasteiger partial charge in [-0.05, 0) is 54.5 Å². The first-order valence-electron chi connectivity index (χ1n) is 22.8. The summed E-state index contributed by atoms with van der Waals surface area (Å²) in [4.78, 5) is 15.3. The lowest BCUT2D eigenvalue weighted by molar-refractivity contribution is 0.892. The molecule has 0 aliphatic heterocycles. The first-order chi connectivity index (χ1) is 32.1. The molecule has 0 atom stereocenters. The van der Waals surface area contributed by atoms with Crippen molar-refractivity contribution in [3.05, 3.63) is 182 Å². The van der Waals surface area contributed by atoms with E-state index in [2.05, 4.69) is 24.3 Å². The third kappa shape index (κ3) is 4.39. The Kier molecular flexibility index (Phi) is 5.11. The van der Waals surface area contributed by atoms with Crippen LogP contribution in [0, 0.1) is 0 Å². The summed E-state index contributed by atoms with van der Waals surface area (Å²) in [5.41, 5.74) is 3.67. The molecule has 0 aliphatic carbocycles. The summed E-state index contributed by atoms with van der Waals surface area (Å²) >= 11 is 1.66. The van der Waals surface area contributed by atoms with Gasteiger partial charge in [-0.3, -0.25) is 9.13 Å². The molecule has 0 amide bonds. The molecular weight excluding hydrogens is 729 g/mol. The quantitative estimate of drug-likeness (QED) is 0.179. The first kappa shape index (κ1) is 24.8. The van der Waals surface area contributed by atoms with E-state index in [0.717, 1.165) is 63.8 Å². The molecule has 58 heavy (non-hydrogen) atoms. The second kappa shape index (κ2) is 11.9. The van der Waals surface area contributed by atoms with Gasteiger partial charge in [-0.25, -0.2) is 0 Å². The highest BCUT2D eigenvalue weighted by Crippen LogP contribution is 2.43. The average molecular weight is 767 g/mol. The lowest BCUT2D eigenvalue weighted by Crippen LogP contribution is -2.10. The van der Waals surface area contributed by atoms with Crippen LogP contribution >= 0.6 is 11.3 Å². The van der Waals surface area contributed by atoms with E-state index >= 15 is 0 Å².